The number of benzene rings is 1. The summed E-state index contributed by atoms with van der Waals surface area (Å²) in [6.07, 6.45) is -0.391. The summed E-state index contributed by atoms with van der Waals surface area (Å²) in [4.78, 5) is 12.9. The van der Waals surface area contributed by atoms with Crippen molar-refractivity contribution in [3.63, 3.8) is 0 Å². The highest BCUT2D eigenvalue weighted by Crippen LogP contribution is 2.78. The Hall–Kier alpha value is -1.41. The number of nitrogens with one attached hydrogen (secondary N) is 1. The lowest BCUT2D eigenvalue weighted by Crippen LogP contribution is -2.42. The molecule has 2 rings (SSSR count). The zero-order chi connectivity index (χ0) is 22.4. The summed E-state index contributed by atoms with van der Waals surface area (Å²) in [6.45, 7) is 6.36. The fourth-order valence-corrected chi connectivity index (χ4v) is 8.30. The van der Waals surface area contributed by atoms with Gasteiger partial charge in [0.1, 0.15) is 11.5 Å². The van der Waals surface area contributed by atoms with Gasteiger partial charge in [-0.1, -0.05) is 0 Å². The van der Waals surface area contributed by atoms with E-state index in [9.17, 15) is 18.3 Å². The second kappa shape index (κ2) is 10.3. The first-order valence-corrected chi connectivity index (χ1v) is 12.7. The SMILES string of the molecule is CCOP(=O)(OCC)C1(P(=O)(OCC)OCC)CC(C(=O)c2ccc(F)cc2)=NN1. The lowest BCUT2D eigenvalue weighted by Gasteiger charge is -2.38. The summed E-state index contributed by atoms with van der Waals surface area (Å²) in [5, 5.41) is 1.97. The highest BCUT2D eigenvalue weighted by Gasteiger charge is 2.68. The molecule has 1 aromatic rings. The van der Waals surface area contributed by atoms with Crippen LogP contribution in [0.3, 0.4) is 0 Å². The van der Waals surface area contributed by atoms with Gasteiger partial charge in [0.15, 0.2) is 0 Å². The number of carbonyl (C=O) groups is 1. The van der Waals surface area contributed by atoms with Gasteiger partial charge in [-0.15, -0.1) is 0 Å². The molecular formula is C18H27FN2O7P2. The molecule has 1 aliphatic rings. The van der Waals surface area contributed by atoms with E-state index >= 15 is 0 Å². The van der Waals surface area contributed by atoms with Crippen LogP contribution in [0.1, 0.15) is 44.5 Å². The first-order chi connectivity index (χ1) is 14.2. The Morgan fingerprint density at radius 3 is 1.80 bits per heavy atom. The molecule has 0 aliphatic carbocycles. The number of hydrogen-bond donors (Lipinski definition) is 1. The number of rotatable bonds is 12. The predicted molar refractivity (Wildman–Crippen MR) is 110 cm³/mol. The van der Waals surface area contributed by atoms with Crippen molar-refractivity contribution in [1.82, 2.24) is 5.43 Å². The van der Waals surface area contributed by atoms with E-state index in [2.05, 4.69) is 10.5 Å². The van der Waals surface area contributed by atoms with Crippen LogP contribution in [0, 0.1) is 5.82 Å². The van der Waals surface area contributed by atoms with Crippen molar-refractivity contribution in [2.24, 2.45) is 5.10 Å². The summed E-state index contributed by atoms with van der Waals surface area (Å²) in [6, 6.07) is 4.88. The molecule has 12 heteroatoms. The first-order valence-electron chi connectivity index (χ1n) is 9.64. The predicted octanol–water partition coefficient (Wildman–Crippen LogP) is 4.54. The Labute approximate surface area is 175 Å². The maximum Gasteiger partial charge on any atom is 0.370 e. The second-order valence-corrected chi connectivity index (χ2v) is 11.1. The van der Waals surface area contributed by atoms with Crippen molar-refractivity contribution in [3.05, 3.63) is 35.6 Å². The quantitative estimate of drug-likeness (QED) is 0.354. The molecule has 0 unspecified atom stereocenters. The number of hydrazone groups is 1. The number of hydrogen-bond acceptors (Lipinski definition) is 9. The number of Topliss-reactive ketones (excluding diaryl/α,β-unsaturated/α-hetero) is 1. The average Bonchev–Trinajstić information content (AvgIpc) is 3.17. The van der Waals surface area contributed by atoms with Gasteiger partial charge in [0.05, 0.1) is 26.4 Å². The van der Waals surface area contributed by atoms with Gasteiger partial charge in [0.25, 0.3) is 5.02 Å². The van der Waals surface area contributed by atoms with Gasteiger partial charge in [-0.05, 0) is 52.0 Å². The molecule has 1 heterocycles. The Morgan fingerprint density at radius 2 is 1.40 bits per heavy atom. The number of halogens is 1. The monoisotopic (exact) mass is 464 g/mol. The number of carbonyl (C=O) groups excluding carboxylic acids is 1. The van der Waals surface area contributed by atoms with Crippen LogP contribution < -0.4 is 5.43 Å². The molecule has 1 aliphatic heterocycles. The minimum Gasteiger partial charge on any atom is -0.307 e. The van der Waals surface area contributed by atoms with Crippen LogP contribution in [-0.4, -0.2) is 42.9 Å². The number of ketones is 1. The Bertz CT molecular complexity index is 826. The normalized spacial score (nSPS) is 16.2. The third-order valence-corrected chi connectivity index (χ3v) is 10.4. The van der Waals surface area contributed by atoms with Gasteiger partial charge in [0, 0.05) is 12.0 Å². The lowest BCUT2D eigenvalue weighted by molar-refractivity contribution is 0.106. The number of nitrogens with zero attached hydrogens (tertiary/aromatic N) is 1. The summed E-state index contributed by atoms with van der Waals surface area (Å²) in [5.74, 6) is -1.05. The van der Waals surface area contributed by atoms with Crippen molar-refractivity contribution in [2.45, 2.75) is 39.1 Å². The molecule has 168 valence electrons. The van der Waals surface area contributed by atoms with E-state index in [4.69, 9.17) is 18.1 Å². The van der Waals surface area contributed by atoms with Crippen LogP contribution in [0.4, 0.5) is 4.39 Å². The molecule has 1 aromatic carbocycles. The van der Waals surface area contributed by atoms with Gasteiger partial charge in [-0.25, -0.2) is 4.39 Å². The fourth-order valence-electron chi connectivity index (χ4n) is 3.02. The van der Waals surface area contributed by atoms with E-state index < -0.39 is 38.2 Å². The minimum absolute atomic E-state index is 0.0137. The Kier molecular flexibility index (Phi) is 8.51. The molecule has 0 amide bonds. The highest BCUT2D eigenvalue weighted by molar-refractivity contribution is 7.74. The maximum atomic E-state index is 13.8. The van der Waals surface area contributed by atoms with Crippen LogP contribution in [0.25, 0.3) is 0 Å². The molecule has 0 aromatic heterocycles. The molecule has 30 heavy (non-hydrogen) atoms. The standard InChI is InChI=1S/C18H27FN2O7P2/c1-5-25-29(23,26-6-2)18(30(24,27-7-3)28-8-4)13-16(20-21-18)17(22)14-9-11-15(19)12-10-14/h9-12,21H,5-8,13H2,1-4H3. The van der Waals surface area contributed by atoms with Crippen LogP contribution in [0.15, 0.2) is 29.4 Å². The van der Waals surface area contributed by atoms with Gasteiger partial charge in [0.2, 0.25) is 5.78 Å². The van der Waals surface area contributed by atoms with Gasteiger partial charge in [-0.3, -0.25) is 19.4 Å². The molecular weight excluding hydrogens is 437 g/mol. The second-order valence-electron chi connectivity index (χ2n) is 6.17. The van der Waals surface area contributed by atoms with Crippen LogP contribution in [0.2, 0.25) is 0 Å². The van der Waals surface area contributed by atoms with Gasteiger partial charge in [-0.2, -0.15) is 5.10 Å². The molecule has 0 spiro atoms. The molecule has 9 nitrogen and oxygen atoms in total. The molecule has 0 bridgehead atoms. The van der Waals surface area contributed by atoms with E-state index in [0.29, 0.717) is 0 Å². The third kappa shape index (κ3) is 4.59. The molecule has 0 atom stereocenters. The summed E-state index contributed by atoms with van der Waals surface area (Å²) < 4.78 is 62.6. The van der Waals surface area contributed by atoms with Crippen molar-refractivity contribution in [3.8, 4) is 0 Å². The smallest absolute Gasteiger partial charge is 0.307 e. The van der Waals surface area contributed by atoms with Crippen LogP contribution in [-0.2, 0) is 27.2 Å². The van der Waals surface area contributed by atoms with Gasteiger partial charge >= 0.3 is 15.2 Å². The highest BCUT2D eigenvalue weighted by atomic mass is 31.2. The molecule has 0 saturated heterocycles. The van der Waals surface area contributed by atoms with Gasteiger partial charge < -0.3 is 18.1 Å². The topological polar surface area (TPSA) is 113 Å². The Morgan fingerprint density at radius 1 is 0.967 bits per heavy atom. The Balaban J connectivity index is 2.54. The summed E-state index contributed by atoms with van der Waals surface area (Å²) in [5.41, 5.74) is 2.65. The molecule has 0 saturated carbocycles. The van der Waals surface area contributed by atoms with E-state index in [0.717, 1.165) is 12.1 Å². The summed E-state index contributed by atoms with van der Waals surface area (Å²) >= 11 is 0. The zero-order valence-electron chi connectivity index (χ0n) is 17.4. The zero-order valence-corrected chi connectivity index (χ0v) is 19.2. The third-order valence-electron chi connectivity index (χ3n) is 4.25. The fraction of sp³-hybridized carbons (Fsp3) is 0.556. The lowest BCUT2D eigenvalue weighted by atomic mass is 10.1. The molecule has 0 radical (unpaired) electrons. The van der Waals surface area contributed by atoms with Crippen molar-refractivity contribution in [1.29, 1.82) is 0 Å². The molecule has 1 N–H and O–H groups in total. The van der Waals surface area contributed by atoms with E-state index in [-0.39, 0.29) is 37.7 Å². The first kappa shape index (κ1) is 24.9. The van der Waals surface area contributed by atoms with E-state index in [1.165, 1.54) is 12.1 Å². The molecule has 0 fully saturated rings. The van der Waals surface area contributed by atoms with Crippen LogP contribution in [0.5, 0.6) is 0 Å². The van der Waals surface area contributed by atoms with Crippen LogP contribution >= 0.6 is 15.2 Å². The van der Waals surface area contributed by atoms with Crippen molar-refractivity contribution in [2.75, 3.05) is 26.4 Å². The summed E-state index contributed by atoms with van der Waals surface area (Å²) in [7, 11) is -8.41. The van der Waals surface area contributed by atoms with E-state index in [1.807, 2.05) is 0 Å². The van der Waals surface area contributed by atoms with Crippen molar-refractivity contribution >= 4 is 26.7 Å². The average molecular weight is 464 g/mol. The maximum absolute atomic E-state index is 13.8. The van der Waals surface area contributed by atoms with Crippen molar-refractivity contribution < 1.29 is 36.4 Å². The van der Waals surface area contributed by atoms with E-state index in [1.54, 1.807) is 27.7 Å². The minimum atomic E-state index is -4.21. The largest absolute Gasteiger partial charge is 0.370 e.